The van der Waals surface area contributed by atoms with Gasteiger partial charge in [-0.1, -0.05) is 0 Å². The second-order valence-corrected chi connectivity index (χ2v) is 7.48. The van der Waals surface area contributed by atoms with E-state index in [-0.39, 0.29) is 0 Å². The Morgan fingerprint density at radius 2 is 1.68 bits per heavy atom. The van der Waals surface area contributed by atoms with Gasteiger partial charge in [-0.25, -0.2) is 4.98 Å². The van der Waals surface area contributed by atoms with Gasteiger partial charge in [0.1, 0.15) is 5.82 Å². The summed E-state index contributed by atoms with van der Waals surface area (Å²) in [5.41, 5.74) is 2.77. The van der Waals surface area contributed by atoms with Crippen molar-refractivity contribution >= 4 is 0 Å². The Labute approximate surface area is 114 Å². The highest BCUT2D eigenvalue weighted by Crippen LogP contribution is 2.59. The second-order valence-electron chi connectivity index (χ2n) is 7.48. The van der Waals surface area contributed by atoms with Crippen molar-refractivity contribution in [2.75, 3.05) is 0 Å². The number of fused-ring (bicyclic) bond motifs is 1. The van der Waals surface area contributed by atoms with Crippen LogP contribution in [0.3, 0.4) is 0 Å². The number of rotatable bonds is 1. The van der Waals surface area contributed by atoms with E-state index < -0.39 is 0 Å². The molecule has 0 radical (unpaired) electrons. The zero-order chi connectivity index (χ0) is 12.6. The fraction of sp³-hybridized carbons (Fsp3) is 0.812. The predicted octanol–water partition coefficient (Wildman–Crippen LogP) is 2.56. The highest BCUT2D eigenvalue weighted by atomic mass is 15.1. The van der Waals surface area contributed by atoms with Crippen LogP contribution < -0.4 is 5.32 Å². The number of hydrogen-bond acceptors (Lipinski definition) is 2. The van der Waals surface area contributed by atoms with Crippen LogP contribution >= 0.6 is 0 Å². The largest absolute Gasteiger partial charge is 0.333 e. The number of aromatic nitrogens is 2. The number of hydrogen-bond donors (Lipinski definition) is 1. The van der Waals surface area contributed by atoms with Crippen LogP contribution in [0.25, 0.3) is 0 Å². The van der Waals surface area contributed by atoms with Gasteiger partial charge in [-0.2, -0.15) is 0 Å². The number of imidazole rings is 1. The first-order chi connectivity index (χ1) is 9.29. The molecule has 0 aromatic carbocycles. The van der Waals surface area contributed by atoms with Crippen LogP contribution in [0.5, 0.6) is 0 Å². The summed E-state index contributed by atoms with van der Waals surface area (Å²) < 4.78 is 2.43. The van der Waals surface area contributed by atoms with Gasteiger partial charge in [-0.05, 0) is 55.8 Å². The van der Waals surface area contributed by atoms with Crippen molar-refractivity contribution in [1.29, 1.82) is 0 Å². The lowest BCUT2D eigenvalue weighted by Gasteiger charge is -2.54. The minimum atomic E-state index is 0.781. The lowest BCUT2D eigenvalue weighted by atomic mass is 9.51. The molecule has 2 heterocycles. The summed E-state index contributed by atoms with van der Waals surface area (Å²) >= 11 is 0. The highest BCUT2D eigenvalue weighted by Gasteiger charge is 2.50. The van der Waals surface area contributed by atoms with E-state index in [9.17, 15) is 0 Å². The van der Waals surface area contributed by atoms with E-state index in [4.69, 9.17) is 4.98 Å². The van der Waals surface area contributed by atoms with E-state index in [2.05, 4.69) is 16.9 Å². The third-order valence-corrected chi connectivity index (χ3v) is 6.44. The van der Waals surface area contributed by atoms with E-state index in [1.807, 2.05) is 0 Å². The Bertz CT molecular complexity index is 502. The third-order valence-electron chi connectivity index (χ3n) is 6.44. The average molecular weight is 257 g/mol. The first-order valence-electron chi connectivity index (χ1n) is 8.04. The summed E-state index contributed by atoms with van der Waals surface area (Å²) in [7, 11) is 2.25. The predicted molar refractivity (Wildman–Crippen MR) is 73.5 cm³/mol. The van der Waals surface area contributed by atoms with E-state index in [0.29, 0.717) is 0 Å². The first kappa shape index (κ1) is 10.9. The molecular weight excluding hydrogens is 234 g/mol. The van der Waals surface area contributed by atoms with Crippen molar-refractivity contribution in [3.8, 4) is 0 Å². The molecule has 6 rings (SSSR count). The normalized spacial score (nSPS) is 42.9. The highest BCUT2D eigenvalue weighted by molar-refractivity contribution is 5.24. The Kier molecular flexibility index (Phi) is 2.08. The molecule has 4 fully saturated rings. The van der Waals surface area contributed by atoms with Crippen molar-refractivity contribution in [3.63, 3.8) is 0 Å². The molecule has 3 heteroatoms. The average Bonchev–Trinajstić information content (AvgIpc) is 2.93. The van der Waals surface area contributed by atoms with Crippen molar-refractivity contribution in [2.45, 2.75) is 51.1 Å². The van der Waals surface area contributed by atoms with Gasteiger partial charge >= 0.3 is 0 Å². The molecule has 1 N–H and O–H groups in total. The van der Waals surface area contributed by atoms with E-state index in [1.54, 1.807) is 6.42 Å². The van der Waals surface area contributed by atoms with E-state index >= 15 is 0 Å². The molecule has 5 aliphatic rings. The molecule has 0 unspecified atom stereocenters. The molecule has 3 nitrogen and oxygen atoms in total. The third kappa shape index (κ3) is 1.40. The molecular formula is C16H23N3. The number of nitrogens with one attached hydrogen (secondary N) is 1. The maximum absolute atomic E-state index is 5.04. The van der Waals surface area contributed by atoms with Crippen LogP contribution in [0.4, 0.5) is 0 Å². The van der Waals surface area contributed by atoms with Gasteiger partial charge in [0.15, 0.2) is 0 Å². The molecule has 1 aliphatic heterocycles. The molecule has 0 amide bonds. The summed E-state index contributed by atoms with van der Waals surface area (Å²) in [4.78, 5) is 5.04. The van der Waals surface area contributed by atoms with Gasteiger partial charge in [0.2, 0.25) is 0 Å². The SMILES string of the molecule is Cn1c(C2C3CC4CC(C3)CC2C4)nc2c1CNC2. The fourth-order valence-corrected chi connectivity index (χ4v) is 5.92. The summed E-state index contributed by atoms with van der Waals surface area (Å²) in [6.45, 7) is 2.00. The van der Waals surface area contributed by atoms with Crippen molar-refractivity contribution in [1.82, 2.24) is 14.9 Å². The summed E-state index contributed by atoms with van der Waals surface area (Å²) in [6, 6.07) is 0. The molecule has 102 valence electrons. The Hall–Kier alpha value is -0.830. The second kappa shape index (κ2) is 3.63. The molecule has 1 aromatic rings. The topological polar surface area (TPSA) is 29.9 Å². The first-order valence-corrected chi connectivity index (χ1v) is 8.04. The Balaban J connectivity index is 1.56. The molecule has 19 heavy (non-hydrogen) atoms. The molecule has 0 spiro atoms. The molecule has 4 bridgehead atoms. The Morgan fingerprint density at radius 3 is 2.32 bits per heavy atom. The van der Waals surface area contributed by atoms with Crippen LogP contribution in [-0.2, 0) is 20.1 Å². The van der Waals surface area contributed by atoms with Crippen molar-refractivity contribution < 1.29 is 0 Å². The smallest absolute Gasteiger partial charge is 0.112 e. The summed E-state index contributed by atoms with van der Waals surface area (Å²) in [5, 5.41) is 3.42. The van der Waals surface area contributed by atoms with Gasteiger partial charge in [0.25, 0.3) is 0 Å². The van der Waals surface area contributed by atoms with Crippen LogP contribution in [0.2, 0.25) is 0 Å². The minimum Gasteiger partial charge on any atom is -0.333 e. The molecule has 4 aliphatic carbocycles. The summed E-state index contributed by atoms with van der Waals surface area (Å²) in [6.07, 6.45) is 7.52. The van der Waals surface area contributed by atoms with Crippen LogP contribution in [0, 0.1) is 23.7 Å². The molecule has 0 atom stereocenters. The number of nitrogens with zero attached hydrogens (tertiary/aromatic N) is 2. The van der Waals surface area contributed by atoms with Gasteiger partial charge < -0.3 is 9.88 Å². The van der Waals surface area contributed by atoms with Crippen LogP contribution in [0.1, 0.15) is 55.2 Å². The molecule has 4 saturated carbocycles. The maximum Gasteiger partial charge on any atom is 0.112 e. The van der Waals surface area contributed by atoms with Gasteiger partial charge in [0, 0.05) is 26.1 Å². The maximum atomic E-state index is 5.04. The zero-order valence-corrected chi connectivity index (χ0v) is 11.7. The lowest BCUT2D eigenvalue weighted by molar-refractivity contribution is -0.00658. The van der Waals surface area contributed by atoms with Gasteiger partial charge in [0.05, 0.1) is 11.4 Å². The lowest BCUT2D eigenvalue weighted by Crippen LogP contribution is -2.44. The van der Waals surface area contributed by atoms with Crippen molar-refractivity contribution in [2.24, 2.45) is 30.7 Å². The monoisotopic (exact) mass is 257 g/mol. The summed E-state index contributed by atoms with van der Waals surface area (Å²) in [5.74, 6) is 6.24. The van der Waals surface area contributed by atoms with E-state index in [1.165, 1.54) is 42.9 Å². The van der Waals surface area contributed by atoms with Gasteiger partial charge in [-0.3, -0.25) is 0 Å². The van der Waals surface area contributed by atoms with E-state index in [0.717, 1.165) is 42.7 Å². The zero-order valence-electron chi connectivity index (χ0n) is 11.7. The Morgan fingerprint density at radius 1 is 1.00 bits per heavy atom. The molecule has 0 saturated heterocycles. The minimum absolute atomic E-state index is 0.781. The standard InChI is InChI=1S/C16H23N3/c1-19-14-8-17-7-13(14)18-16(19)15-11-3-9-2-10(5-11)6-12(15)4-9/h9-12,15,17H,2-8H2,1H3. The molecule has 1 aromatic heterocycles. The van der Waals surface area contributed by atoms with Crippen molar-refractivity contribution in [3.05, 3.63) is 17.2 Å². The fourth-order valence-electron chi connectivity index (χ4n) is 5.92. The quantitative estimate of drug-likeness (QED) is 0.838. The van der Waals surface area contributed by atoms with Crippen LogP contribution in [0.15, 0.2) is 0 Å². The van der Waals surface area contributed by atoms with Crippen LogP contribution in [-0.4, -0.2) is 9.55 Å². The van der Waals surface area contributed by atoms with Gasteiger partial charge in [-0.15, -0.1) is 0 Å².